The van der Waals surface area contributed by atoms with Crippen molar-refractivity contribution in [2.75, 3.05) is 0 Å². The Morgan fingerprint density at radius 3 is 0.680 bits per heavy atom. The van der Waals surface area contributed by atoms with Gasteiger partial charge in [-0.3, -0.25) is 28.8 Å². The largest absolute Gasteiger partial charge is 0.300 e. The van der Waals surface area contributed by atoms with Crippen LogP contribution in [0.2, 0.25) is 0 Å². The summed E-state index contributed by atoms with van der Waals surface area (Å²) in [5, 5.41) is 0. The van der Waals surface area contributed by atoms with Gasteiger partial charge in [0.05, 0.1) is 19.3 Å². The van der Waals surface area contributed by atoms with Crippen molar-refractivity contribution in [1.29, 1.82) is 0 Å². The molecule has 0 aliphatic carbocycles. The molecule has 0 amide bonds. The molecule has 7 heteroatoms. The Kier molecular flexibility index (Phi) is 25.8. The maximum atomic E-state index is 10.4. The van der Waals surface area contributed by atoms with Gasteiger partial charge >= 0.3 is 0 Å². The van der Waals surface area contributed by atoms with Crippen molar-refractivity contribution >= 4 is 52.1 Å². The molecule has 0 aromatic heterocycles. The van der Waals surface area contributed by atoms with Gasteiger partial charge in [0.1, 0.15) is 34.7 Å². The van der Waals surface area contributed by atoms with E-state index in [1.54, 1.807) is 20.8 Å². The molecule has 0 aromatic rings. The van der Waals surface area contributed by atoms with Crippen molar-refractivity contribution in [3.63, 3.8) is 0 Å². The van der Waals surface area contributed by atoms with Crippen LogP contribution in [-0.2, 0) is 28.8 Å². The standard InChI is InChI=1S/3C6H10O2.Al/c3*1-3-6(8)4-5(2)7;/h3*3-4H2,1-2H3;. The smallest absolute Gasteiger partial charge is 0.139 e. The molecular weight excluding hydrogens is 339 g/mol. The van der Waals surface area contributed by atoms with E-state index in [0.717, 1.165) is 0 Å². The first-order valence-electron chi connectivity index (χ1n) is 8.03. The fourth-order valence-corrected chi connectivity index (χ4v) is 1.21. The molecule has 0 saturated heterocycles. The second kappa shape index (κ2) is 20.6. The maximum Gasteiger partial charge on any atom is 0.139 e. The average Bonchev–Trinajstić information content (AvgIpc) is 2.46. The summed E-state index contributed by atoms with van der Waals surface area (Å²) in [5.74, 6) is -0.0574. The van der Waals surface area contributed by atoms with E-state index in [2.05, 4.69) is 0 Å². The van der Waals surface area contributed by atoms with Crippen LogP contribution in [-0.4, -0.2) is 52.1 Å². The molecule has 141 valence electrons. The van der Waals surface area contributed by atoms with Crippen LogP contribution in [0.4, 0.5) is 0 Å². The first-order valence-corrected chi connectivity index (χ1v) is 8.03. The fourth-order valence-electron chi connectivity index (χ4n) is 1.21. The summed E-state index contributed by atoms with van der Waals surface area (Å²) in [5.41, 5.74) is 0. The van der Waals surface area contributed by atoms with Gasteiger partial charge in [-0.05, 0) is 20.8 Å². The lowest BCUT2D eigenvalue weighted by atomic mass is 10.2. The number of Topliss-reactive ketones (excluding diaryl/α,β-unsaturated/α-hetero) is 6. The first-order chi connectivity index (χ1) is 11.0. The van der Waals surface area contributed by atoms with Gasteiger partial charge in [-0.2, -0.15) is 0 Å². The summed E-state index contributed by atoms with van der Waals surface area (Å²) >= 11 is 0. The number of hydrogen-bond acceptors (Lipinski definition) is 6. The summed E-state index contributed by atoms with van der Waals surface area (Å²) in [6, 6.07) is 0. The second-order valence-corrected chi connectivity index (χ2v) is 5.31. The van der Waals surface area contributed by atoms with Crippen molar-refractivity contribution < 1.29 is 28.8 Å². The van der Waals surface area contributed by atoms with E-state index in [1.807, 2.05) is 0 Å². The van der Waals surface area contributed by atoms with Gasteiger partial charge in [0, 0.05) is 36.6 Å². The van der Waals surface area contributed by atoms with Crippen LogP contribution in [0.15, 0.2) is 0 Å². The lowest BCUT2D eigenvalue weighted by Crippen LogP contribution is -2.01. The van der Waals surface area contributed by atoms with Gasteiger partial charge in [-0.1, -0.05) is 20.8 Å². The fraction of sp³-hybridized carbons (Fsp3) is 0.667. The summed E-state index contributed by atoms with van der Waals surface area (Å²) < 4.78 is 0. The third-order valence-electron chi connectivity index (χ3n) is 2.52. The summed E-state index contributed by atoms with van der Waals surface area (Å²) in [7, 11) is 0. The van der Waals surface area contributed by atoms with E-state index in [1.165, 1.54) is 20.8 Å². The molecule has 0 aliphatic rings. The monoisotopic (exact) mass is 369 g/mol. The molecule has 0 unspecified atom stereocenters. The summed E-state index contributed by atoms with van der Waals surface area (Å²) in [4.78, 5) is 61.8. The van der Waals surface area contributed by atoms with E-state index in [4.69, 9.17) is 0 Å². The Labute approximate surface area is 161 Å². The molecule has 0 atom stereocenters. The molecule has 3 radical (unpaired) electrons. The topological polar surface area (TPSA) is 102 Å². The van der Waals surface area contributed by atoms with Gasteiger partial charge in [0.15, 0.2) is 0 Å². The third kappa shape index (κ3) is 34.8. The van der Waals surface area contributed by atoms with Gasteiger partial charge in [0.2, 0.25) is 0 Å². The minimum Gasteiger partial charge on any atom is -0.300 e. The second-order valence-electron chi connectivity index (χ2n) is 5.31. The third-order valence-corrected chi connectivity index (χ3v) is 2.52. The van der Waals surface area contributed by atoms with Crippen molar-refractivity contribution in [1.82, 2.24) is 0 Å². The highest BCUT2D eigenvalue weighted by atomic mass is 27.0. The molecule has 0 heterocycles. The zero-order valence-corrected chi connectivity index (χ0v) is 17.4. The lowest BCUT2D eigenvalue weighted by molar-refractivity contribution is -0.127. The van der Waals surface area contributed by atoms with Crippen molar-refractivity contribution in [3.05, 3.63) is 0 Å². The molecule has 0 rings (SSSR count). The predicted molar refractivity (Wildman–Crippen MR) is 97.5 cm³/mol. The van der Waals surface area contributed by atoms with Gasteiger partial charge in [-0.15, -0.1) is 0 Å². The highest BCUT2D eigenvalue weighted by molar-refractivity contribution is 5.98. The van der Waals surface area contributed by atoms with Crippen LogP contribution in [0, 0.1) is 0 Å². The number of hydrogen-bond donors (Lipinski definition) is 0. The Morgan fingerprint density at radius 2 is 0.640 bits per heavy atom. The summed E-state index contributed by atoms with van der Waals surface area (Å²) in [6.07, 6.45) is 1.74. The normalized spacial score (nSPS) is 8.40. The van der Waals surface area contributed by atoms with Crippen molar-refractivity contribution in [2.45, 2.75) is 80.1 Å². The molecule has 0 saturated carbocycles. The SMILES string of the molecule is CCC(=O)CC(C)=O.CCC(=O)CC(C)=O.CCC(=O)CC(C)=O.[Al]. The summed E-state index contributed by atoms with van der Waals surface area (Å²) in [6.45, 7) is 9.54. The average molecular weight is 369 g/mol. The van der Waals surface area contributed by atoms with Crippen LogP contribution in [0.25, 0.3) is 0 Å². The molecule has 0 aliphatic heterocycles. The van der Waals surface area contributed by atoms with E-state index < -0.39 is 0 Å². The number of carbonyl (C=O) groups is 6. The van der Waals surface area contributed by atoms with Crippen LogP contribution >= 0.6 is 0 Å². The number of rotatable bonds is 9. The number of carbonyl (C=O) groups excluding carboxylic acids is 6. The molecule has 0 N–H and O–H groups in total. The zero-order chi connectivity index (χ0) is 19.7. The maximum absolute atomic E-state index is 10.4. The van der Waals surface area contributed by atoms with Crippen LogP contribution in [0.1, 0.15) is 80.1 Å². The highest BCUT2D eigenvalue weighted by Gasteiger charge is 2.00. The first kappa shape index (κ1) is 31.3. The van der Waals surface area contributed by atoms with Gasteiger partial charge < -0.3 is 0 Å². The molecule has 0 aromatic carbocycles. The minimum absolute atomic E-state index is 0. The lowest BCUT2D eigenvalue weighted by Gasteiger charge is -1.87. The molecule has 6 nitrogen and oxygen atoms in total. The van der Waals surface area contributed by atoms with Crippen LogP contribution < -0.4 is 0 Å². The molecule has 0 fully saturated rings. The Balaban J connectivity index is -0.000000130. The molecule has 0 spiro atoms. The number of ketones is 6. The quantitative estimate of drug-likeness (QED) is 0.457. The van der Waals surface area contributed by atoms with Gasteiger partial charge in [-0.25, -0.2) is 0 Å². The predicted octanol–water partition coefficient (Wildman–Crippen LogP) is 2.45. The van der Waals surface area contributed by atoms with E-state index >= 15 is 0 Å². The van der Waals surface area contributed by atoms with E-state index in [-0.39, 0.29) is 71.3 Å². The van der Waals surface area contributed by atoms with Crippen molar-refractivity contribution in [3.8, 4) is 0 Å². The highest BCUT2D eigenvalue weighted by Crippen LogP contribution is 1.89. The van der Waals surface area contributed by atoms with E-state index in [0.29, 0.717) is 19.3 Å². The van der Waals surface area contributed by atoms with E-state index in [9.17, 15) is 28.8 Å². The van der Waals surface area contributed by atoms with Crippen molar-refractivity contribution in [2.24, 2.45) is 0 Å². The Morgan fingerprint density at radius 1 is 0.480 bits per heavy atom. The van der Waals surface area contributed by atoms with Crippen LogP contribution in [0.5, 0.6) is 0 Å². The molecular formula is C18H30AlO6. The Bertz CT molecular complexity index is 388. The zero-order valence-electron chi connectivity index (χ0n) is 16.3. The molecule has 25 heavy (non-hydrogen) atoms. The van der Waals surface area contributed by atoms with Crippen LogP contribution in [0.3, 0.4) is 0 Å². The van der Waals surface area contributed by atoms with Gasteiger partial charge in [0.25, 0.3) is 0 Å². The minimum atomic E-state index is -0.0446. The molecule has 0 bridgehead atoms. The Hall–Kier alpha value is -1.45.